The Morgan fingerprint density at radius 1 is 1.73 bits per heavy atom. The smallest absolute Gasteiger partial charge is 0.105 e. The summed E-state index contributed by atoms with van der Waals surface area (Å²) >= 11 is 1.63. The first kappa shape index (κ1) is 10.9. The maximum Gasteiger partial charge on any atom is 0.105 e. The van der Waals surface area contributed by atoms with Crippen molar-refractivity contribution in [1.29, 1.82) is 0 Å². The van der Waals surface area contributed by atoms with E-state index >= 15 is 0 Å². The van der Waals surface area contributed by atoms with Gasteiger partial charge in [0.25, 0.3) is 0 Å². The summed E-state index contributed by atoms with van der Waals surface area (Å²) in [6.45, 7) is 4.66. The summed E-state index contributed by atoms with van der Waals surface area (Å²) in [5.41, 5.74) is 0.190. The summed E-state index contributed by atoms with van der Waals surface area (Å²) in [6, 6.07) is 0. The minimum absolute atomic E-state index is 0.190. The lowest BCUT2D eigenvalue weighted by molar-refractivity contribution is 0.188. The molecule has 0 aromatic heterocycles. The summed E-state index contributed by atoms with van der Waals surface area (Å²) in [5, 5.41) is 4.00. The van der Waals surface area contributed by atoms with Crippen molar-refractivity contribution in [2.75, 3.05) is 20.8 Å². The first-order valence-electron chi connectivity index (χ1n) is 3.55. The third kappa shape index (κ3) is 6.34. The molecule has 0 fully saturated rings. The highest BCUT2D eigenvalue weighted by Gasteiger charge is 2.00. The Labute approximate surface area is 72.6 Å². The lowest BCUT2D eigenvalue weighted by Gasteiger charge is -2.07. The molecule has 0 aliphatic heterocycles. The highest BCUT2D eigenvalue weighted by atomic mass is 32.2. The van der Waals surface area contributed by atoms with Gasteiger partial charge in [0, 0.05) is 7.11 Å². The van der Waals surface area contributed by atoms with Crippen LogP contribution >= 0.6 is 11.8 Å². The van der Waals surface area contributed by atoms with E-state index in [-0.39, 0.29) is 5.44 Å². The molecule has 4 heteroatoms. The lowest BCUT2D eigenvalue weighted by atomic mass is 10.8. The van der Waals surface area contributed by atoms with Crippen molar-refractivity contribution in [3.63, 3.8) is 0 Å². The summed E-state index contributed by atoms with van der Waals surface area (Å²) in [7, 11) is 3.57. The molecule has 1 atom stereocenters. The van der Waals surface area contributed by atoms with Crippen molar-refractivity contribution in [2.24, 2.45) is 4.99 Å². The van der Waals surface area contributed by atoms with E-state index in [1.54, 1.807) is 18.9 Å². The van der Waals surface area contributed by atoms with Crippen molar-refractivity contribution in [1.82, 2.24) is 5.32 Å². The predicted octanol–water partition coefficient (Wildman–Crippen LogP) is 1.31. The number of nitrogens with zero attached hydrogens (tertiary/aromatic N) is 1. The van der Waals surface area contributed by atoms with Crippen LogP contribution in [0.1, 0.15) is 13.8 Å². The summed E-state index contributed by atoms with van der Waals surface area (Å²) in [6.07, 6.45) is 0. The molecule has 0 aliphatic rings. The van der Waals surface area contributed by atoms with Crippen LogP contribution in [0, 0.1) is 0 Å². The number of thioether (sulfide) groups is 1. The van der Waals surface area contributed by atoms with Crippen molar-refractivity contribution in [3.05, 3.63) is 0 Å². The molecule has 0 spiro atoms. The monoisotopic (exact) mass is 176 g/mol. The van der Waals surface area contributed by atoms with Gasteiger partial charge in [0.15, 0.2) is 0 Å². The van der Waals surface area contributed by atoms with Gasteiger partial charge in [-0.3, -0.25) is 4.99 Å². The number of rotatable bonds is 4. The average molecular weight is 176 g/mol. The lowest BCUT2D eigenvalue weighted by Crippen LogP contribution is -2.08. The van der Waals surface area contributed by atoms with Gasteiger partial charge in [0.05, 0.1) is 11.7 Å². The van der Waals surface area contributed by atoms with Crippen LogP contribution in [0.3, 0.4) is 0 Å². The molecule has 0 aromatic carbocycles. The molecule has 0 aliphatic carbocycles. The van der Waals surface area contributed by atoms with Crippen molar-refractivity contribution < 1.29 is 4.74 Å². The normalized spacial score (nSPS) is 15.1. The Hall–Kier alpha value is -0.0600. The van der Waals surface area contributed by atoms with Gasteiger partial charge in [-0.05, 0) is 20.9 Å². The fraction of sp³-hybridized carbons (Fsp3) is 0.857. The molecule has 0 radical (unpaired) electrons. The molecule has 1 N–H and O–H groups in total. The zero-order valence-corrected chi connectivity index (χ0v) is 8.36. The number of ether oxygens (including phenoxy) is 1. The standard InChI is InChI=1S/C7H16N2OS/c1-6(9-5-8-3)11-7(2)10-4/h7-8H,5H2,1-4H3. The van der Waals surface area contributed by atoms with Crippen LogP contribution in [-0.4, -0.2) is 31.3 Å². The molecular formula is C7H16N2OS. The van der Waals surface area contributed by atoms with E-state index in [1.165, 1.54) is 0 Å². The maximum absolute atomic E-state index is 5.06. The second kappa shape index (κ2) is 6.64. The summed E-state index contributed by atoms with van der Waals surface area (Å²) < 4.78 is 5.06. The van der Waals surface area contributed by atoms with Crippen LogP contribution in [0.15, 0.2) is 4.99 Å². The molecule has 66 valence electrons. The van der Waals surface area contributed by atoms with E-state index in [0.717, 1.165) is 5.04 Å². The topological polar surface area (TPSA) is 33.6 Å². The van der Waals surface area contributed by atoms with E-state index in [0.29, 0.717) is 6.67 Å². The SMILES string of the molecule is CNCN=C(C)SC(C)OC. The Bertz CT molecular complexity index is 128. The Kier molecular flexibility index (Phi) is 6.60. The molecule has 0 aromatic rings. The fourth-order valence-corrected chi connectivity index (χ4v) is 1.23. The maximum atomic E-state index is 5.06. The third-order valence-corrected chi connectivity index (χ3v) is 2.12. The van der Waals surface area contributed by atoms with Gasteiger partial charge in [-0.2, -0.15) is 0 Å². The largest absolute Gasteiger partial charge is 0.371 e. The Morgan fingerprint density at radius 3 is 2.82 bits per heavy atom. The van der Waals surface area contributed by atoms with Gasteiger partial charge >= 0.3 is 0 Å². The molecule has 0 amide bonds. The highest BCUT2D eigenvalue weighted by molar-refractivity contribution is 8.14. The molecule has 0 rings (SSSR count). The van der Waals surface area contributed by atoms with E-state index in [4.69, 9.17) is 4.74 Å². The van der Waals surface area contributed by atoms with Crippen LogP contribution in [0.25, 0.3) is 0 Å². The highest BCUT2D eigenvalue weighted by Crippen LogP contribution is 2.12. The van der Waals surface area contributed by atoms with Crippen molar-refractivity contribution in [2.45, 2.75) is 19.3 Å². The van der Waals surface area contributed by atoms with Gasteiger partial charge in [-0.1, -0.05) is 11.8 Å². The number of hydrogen-bond acceptors (Lipinski definition) is 4. The van der Waals surface area contributed by atoms with Gasteiger partial charge in [0.1, 0.15) is 5.44 Å². The number of aliphatic imine (C=N–C) groups is 1. The fourth-order valence-electron chi connectivity index (χ4n) is 0.516. The molecule has 0 heterocycles. The van der Waals surface area contributed by atoms with Crippen molar-refractivity contribution >= 4 is 16.8 Å². The van der Waals surface area contributed by atoms with E-state index in [2.05, 4.69) is 10.3 Å². The number of nitrogens with one attached hydrogen (secondary N) is 1. The van der Waals surface area contributed by atoms with Crippen LogP contribution < -0.4 is 5.32 Å². The Balaban J connectivity index is 3.57. The van der Waals surface area contributed by atoms with Crippen molar-refractivity contribution in [3.8, 4) is 0 Å². The van der Waals surface area contributed by atoms with E-state index < -0.39 is 0 Å². The minimum Gasteiger partial charge on any atom is -0.371 e. The molecule has 1 unspecified atom stereocenters. The molecule has 3 nitrogen and oxygen atoms in total. The average Bonchev–Trinajstić information content (AvgIpc) is 2.00. The van der Waals surface area contributed by atoms with Gasteiger partial charge in [0.2, 0.25) is 0 Å². The van der Waals surface area contributed by atoms with Gasteiger partial charge in [-0.25, -0.2) is 0 Å². The van der Waals surface area contributed by atoms with Gasteiger partial charge < -0.3 is 10.1 Å². The molecule has 11 heavy (non-hydrogen) atoms. The molecule has 0 saturated carbocycles. The first-order chi connectivity index (χ1) is 5.20. The second-order valence-electron chi connectivity index (χ2n) is 2.11. The summed E-state index contributed by atoms with van der Waals surface area (Å²) in [4.78, 5) is 4.22. The zero-order valence-electron chi connectivity index (χ0n) is 7.55. The predicted molar refractivity (Wildman–Crippen MR) is 51.1 cm³/mol. The molecule has 0 bridgehead atoms. The summed E-state index contributed by atoms with van der Waals surface area (Å²) in [5.74, 6) is 0. The number of hydrogen-bond donors (Lipinski definition) is 1. The third-order valence-electron chi connectivity index (χ3n) is 1.13. The van der Waals surface area contributed by atoms with Crippen LogP contribution in [0.5, 0.6) is 0 Å². The van der Waals surface area contributed by atoms with Gasteiger partial charge in [-0.15, -0.1) is 0 Å². The number of methoxy groups -OCH3 is 1. The minimum atomic E-state index is 0.190. The van der Waals surface area contributed by atoms with Crippen LogP contribution in [0.2, 0.25) is 0 Å². The van der Waals surface area contributed by atoms with Crippen LogP contribution in [0.4, 0.5) is 0 Å². The van der Waals surface area contributed by atoms with E-state index in [1.807, 2.05) is 20.9 Å². The zero-order chi connectivity index (χ0) is 8.69. The van der Waals surface area contributed by atoms with Crippen LogP contribution in [-0.2, 0) is 4.74 Å². The first-order valence-corrected chi connectivity index (χ1v) is 4.43. The van der Waals surface area contributed by atoms with E-state index in [9.17, 15) is 0 Å². The second-order valence-corrected chi connectivity index (χ2v) is 3.60. The molecule has 0 saturated heterocycles. The Morgan fingerprint density at radius 2 is 2.36 bits per heavy atom. The quantitative estimate of drug-likeness (QED) is 0.398. The molecular weight excluding hydrogens is 160 g/mol.